The molecule has 1 aromatic heterocycles. The number of hydrogen-bond donors (Lipinski definition) is 3. The van der Waals surface area contributed by atoms with E-state index in [0.29, 0.717) is 6.42 Å². The molecule has 0 aromatic carbocycles. The molecule has 9 nitrogen and oxygen atoms in total. The summed E-state index contributed by atoms with van der Waals surface area (Å²) in [4.78, 5) is 23.7. The van der Waals surface area contributed by atoms with Crippen molar-refractivity contribution in [1.82, 2.24) is 25.5 Å². The van der Waals surface area contributed by atoms with Gasteiger partial charge in [0.25, 0.3) is 5.95 Å². The number of carboxylic acids is 1. The summed E-state index contributed by atoms with van der Waals surface area (Å²) in [6, 6.07) is -1.62. The van der Waals surface area contributed by atoms with E-state index in [1.807, 2.05) is 6.92 Å². The van der Waals surface area contributed by atoms with Crippen molar-refractivity contribution in [2.75, 3.05) is 5.32 Å². The van der Waals surface area contributed by atoms with Crippen LogP contribution in [0.2, 0.25) is 0 Å². The summed E-state index contributed by atoms with van der Waals surface area (Å²) < 4.78 is 0. The third-order valence-corrected chi connectivity index (χ3v) is 2.50. The Kier molecular flexibility index (Phi) is 4.58. The molecule has 0 radical (unpaired) electrons. The third kappa shape index (κ3) is 3.68. The Bertz CT molecular complexity index is 432. The molecule has 2 amide bonds. The quantitative estimate of drug-likeness (QED) is 0.672. The van der Waals surface area contributed by atoms with E-state index in [4.69, 9.17) is 5.11 Å². The van der Waals surface area contributed by atoms with Gasteiger partial charge in [-0.2, -0.15) is 4.80 Å². The molecule has 18 heavy (non-hydrogen) atoms. The van der Waals surface area contributed by atoms with E-state index in [2.05, 4.69) is 26.0 Å². The summed E-state index contributed by atoms with van der Waals surface area (Å²) in [5, 5.41) is 24.5. The number of nitrogens with zero attached hydrogens (tertiary/aromatic N) is 4. The lowest BCUT2D eigenvalue weighted by Gasteiger charge is -2.19. The number of tetrazole rings is 1. The van der Waals surface area contributed by atoms with E-state index in [9.17, 15) is 9.59 Å². The molecule has 2 atom stereocenters. The molecule has 0 aliphatic heterocycles. The largest absolute Gasteiger partial charge is 0.480 e. The fourth-order valence-electron chi connectivity index (χ4n) is 1.30. The van der Waals surface area contributed by atoms with Gasteiger partial charge in [-0.25, -0.2) is 9.59 Å². The summed E-state index contributed by atoms with van der Waals surface area (Å²) in [5.41, 5.74) is 0. The number of urea groups is 1. The summed E-state index contributed by atoms with van der Waals surface area (Å²) in [6.45, 7) is 3.60. The molecule has 9 heteroatoms. The molecule has 0 saturated carbocycles. The van der Waals surface area contributed by atoms with E-state index in [1.165, 1.54) is 4.80 Å². The number of aromatic nitrogens is 4. The topological polar surface area (TPSA) is 122 Å². The van der Waals surface area contributed by atoms with Crippen LogP contribution in [0.4, 0.5) is 10.7 Å². The van der Waals surface area contributed by atoms with E-state index >= 15 is 0 Å². The van der Waals surface area contributed by atoms with Crippen LogP contribution < -0.4 is 10.6 Å². The molecule has 0 aliphatic rings. The molecule has 0 saturated heterocycles. The van der Waals surface area contributed by atoms with Crippen LogP contribution in [-0.4, -0.2) is 43.4 Å². The number of anilines is 1. The monoisotopic (exact) mass is 256 g/mol. The van der Waals surface area contributed by atoms with Crippen LogP contribution in [0.15, 0.2) is 0 Å². The van der Waals surface area contributed by atoms with Crippen LogP contribution in [0.5, 0.6) is 0 Å². The minimum absolute atomic E-state index is 0.0169. The maximum Gasteiger partial charge on any atom is 0.326 e. The van der Waals surface area contributed by atoms with Crippen molar-refractivity contribution < 1.29 is 14.7 Å². The van der Waals surface area contributed by atoms with Crippen LogP contribution in [-0.2, 0) is 11.8 Å². The zero-order chi connectivity index (χ0) is 13.7. The summed E-state index contributed by atoms with van der Waals surface area (Å²) in [7, 11) is 1.55. The maximum atomic E-state index is 11.6. The average molecular weight is 256 g/mol. The average Bonchev–Trinajstić information content (AvgIpc) is 2.70. The SMILES string of the molecule is CCC(C)[C@H](NC(=O)Nc1nnn(C)n1)C(=O)O. The van der Waals surface area contributed by atoms with E-state index in [0.717, 1.165) is 0 Å². The number of aliphatic carboxylic acids is 1. The zero-order valence-electron chi connectivity index (χ0n) is 10.4. The Balaban J connectivity index is 2.59. The van der Waals surface area contributed by atoms with Crippen molar-refractivity contribution in [3.8, 4) is 0 Å². The smallest absolute Gasteiger partial charge is 0.326 e. The maximum absolute atomic E-state index is 11.6. The first-order chi connectivity index (χ1) is 8.43. The van der Waals surface area contributed by atoms with Gasteiger partial charge in [-0.05, 0) is 11.1 Å². The van der Waals surface area contributed by atoms with E-state index < -0.39 is 18.0 Å². The zero-order valence-corrected chi connectivity index (χ0v) is 10.4. The summed E-state index contributed by atoms with van der Waals surface area (Å²) in [6.07, 6.45) is 0.640. The first-order valence-corrected chi connectivity index (χ1v) is 5.48. The Morgan fingerprint density at radius 1 is 1.50 bits per heavy atom. The molecule has 0 spiro atoms. The first kappa shape index (κ1) is 13.9. The lowest BCUT2D eigenvalue weighted by atomic mass is 10.00. The lowest BCUT2D eigenvalue weighted by molar-refractivity contribution is -0.140. The number of aryl methyl sites for hydroxylation is 1. The minimum Gasteiger partial charge on any atom is -0.480 e. The number of carbonyl (C=O) groups excluding carboxylic acids is 1. The molecular formula is C9H16N6O3. The van der Waals surface area contributed by atoms with Crippen molar-refractivity contribution in [2.24, 2.45) is 13.0 Å². The van der Waals surface area contributed by atoms with Gasteiger partial charge in [0.05, 0.1) is 7.05 Å². The van der Waals surface area contributed by atoms with Gasteiger partial charge in [-0.15, -0.1) is 5.10 Å². The van der Waals surface area contributed by atoms with E-state index in [-0.39, 0.29) is 11.9 Å². The van der Waals surface area contributed by atoms with Crippen LogP contribution in [0.3, 0.4) is 0 Å². The Morgan fingerprint density at radius 3 is 2.61 bits per heavy atom. The normalized spacial score (nSPS) is 13.7. The second-order valence-corrected chi connectivity index (χ2v) is 3.90. The molecule has 0 aliphatic carbocycles. The third-order valence-electron chi connectivity index (χ3n) is 2.50. The predicted octanol–water partition coefficient (Wildman–Crippen LogP) is -0.169. The van der Waals surface area contributed by atoms with Gasteiger partial charge in [-0.3, -0.25) is 5.32 Å². The Labute approximate surface area is 104 Å². The van der Waals surface area contributed by atoms with Gasteiger partial charge in [-0.1, -0.05) is 25.4 Å². The minimum atomic E-state index is -1.08. The van der Waals surface area contributed by atoms with Crippen molar-refractivity contribution >= 4 is 17.9 Å². The van der Waals surface area contributed by atoms with Crippen LogP contribution in [0.1, 0.15) is 20.3 Å². The highest BCUT2D eigenvalue weighted by Gasteiger charge is 2.25. The second-order valence-electron chi connectivity index (χ2n) is 3.90. The fraction of sp³-hybridized carbons (Fsp3) is 0.667. The molecule has 1 aromatic rings. The highest BCUT2D eigenvalue weighted by atomic mass is 16.4. The van der Waals surface area contributed by atoms with Gasteiger partial charge >= 0.3 is 12.0 Å². The summed E-state index contributed by atoms with van der Waals surface area (Å²) in [5.74, 6) is -1.24. The lowest BCUT2D eigenvalue weighted by Crippen LogP contribution is -2.46. The highest BCUT2D eigenvalue weighted by molar-refractivity contribution is 5.90. The van der Waals surface area contributed by atoms with Gasteiger partial charge in [0.2, 0.25) is 0 Å². The standard InChI is InChI=1S/C9H16N6O3/c1-4-5(2)6(7(16)17)10-9(18)11-8-12-14-15(3)13-8/h5-6H,4H2,1-3H3,(H,16,17)(H2,10,11,13,18)/t5?,6-/m0/s1. The van der Waals surface area contributed by atoms with Crippen LogP contribution >= 0.6 is 0 Å². The molecule has 100 valence electrons. The molecule has 0 fully saturated rings. The molecular weight excluding hydrogens is 240 g/mol. The van der Waals surface area contributed by atoms with E-state index in [1.54, 1.807) is 14.0 Å². The number of hydrogen-bond acceptors (Lipinski definition) is 5. The molecule has 1 unspecified atom stereocenters. The molecule has 1 rings (SSSR count). The molecule has 0 bridgehead atoms. The first-order valence-electron chi connectivity index (χ1n) is 5.48. The van der Waals surface area contributed by atoms with Gasteiger partial charge in [0.1, 0.15) is 6.04 Å². The van der Waals surface area contributed by atoms with Gasteiger partial charge < -0.3 is 10.4 Å². The second kappa shape index (κ2) is 5.94. The van der Waals surface area contributed by atoms with Crippen LogP contribution in [0.25, 0.3) is 0 Å². The number of carbonyl (C=O) groups is 2. The van der Waals surface area contributed by atoms with Gasteiger partial charge in [0.15, 0.2) is 0 Å². The van der Waals surface area contributed by atoms with Crippen molar-refractivity contribution in [2.45, 2.75) is 26.3 Å². The number of amides is 2. The van der Waals surface area contributed by atoms with Crippen molar-refractivity contribution in [3.05, 3.63) is 0 Å². The predicted molar refractivity (Wildman–Crippen MR) is 61.8 cm³/mol. The highest BCUT2D eigenvalue weighted by Crippen LogP contribution is 2.08. The number of nitrogens with one attached hydrogen (secondary N) is 2. The number of carboxylic acid groups (broad SMARTS) is 1. The van der Waals surface area contributed by atoms with Crippen molar-refractivity contribution in [3.63, 3.8) is 0 Å². The fourth-order valence-corrected chi connectivity index (χ4v) is 1.30. The number of rotatable bonds is 5. The Morgan fingerprint density at radius 2 is 2.17 bits per heavy atom. The van der Waals surface area contributed by atoms with Crippen molar-refractivity contribution in [1.29, 1.82) is 0 Å². The molecule has 3 N–H and O–H groups in total. The summed E-state index contributed by atoms with van der Waals surface area (Å²) >= 11 is 0. The molecule has 1 heterocycles. The van der Waals surface area contributed by atoms with Crippen LogP contribution in [0, 0.1) is 5.92 Å². The van der Waals surface area contributed by atoms with Gasteiger partial charge in [0, 0.05) is 0 Å². The Hall–Kier alpha value is -2.19.